The summed E-state index contributed by atoms with van der Waals surface area (Å²) in [6.45, 7) is 4.70. The molecular formula is C58H37N3. The molecule has 14 rings (SSSR count). The molecule has 0 atom stereocenters. The summed E-state index contributed by atoms with van der Waals surface area (Å²) in [4.78, 5) is 11.6. The van der Waals surface area contributed by atoms with Crippen LogP contribution in [0, 0.1) is 0 Å². The molecule has 3 aliphatic carbocycles. The highest BCUT2D eigenvalue weighted by Crippen LogP contribution is 2.64. The van der Waals surface area contributed by atoms with Crippen molar-refractivity contribution >= 4 is 43.4 Å². The van der Waals surface area contributed by atoms with Crippen LogP contribution in [0.15, 0.2) is 188 Å². The van der Waals surface area contributed by atoms with Crippen LogP contribution in [0.2, 0.25) is 0 Å². The molecule has 0 N–H and O–H groups in total. The molecule has 0 amide bonds. The molecule has 2 heterocycles. The maximum Gasteiger partial charge on any atom is 0.235 e. The predicted octanol–water partition coefficient (Wildman–Crippen LogP) is 14.2. The summed E-state index contributed by atoms with van der Waals surface area (Å²) >= 11 is 0. The van der Waals surface area contributed by atoms with Gasteiger partial charge >= 0.3 is 0 Å². The fourth-order valence-corrected chi connectivity index (χ4v) is 11.8. The van der Waals surface area contributed by atoms with Crippen molar-refractivity contribution in [1.29, 1.82) is 0 Å². The van der Waals surface area contributed by atoms with E-state index in [1.54, 1.807) is 0 Å². The number of rotatable bonds is 2. The van der Waals surface area contributed by atoms with Crippen molar-refractivity contribution in [2.75, 3.05) is 0 Å². The number of benzene rings is 9. The number of aromatic nitrogens is 3. The molecule has 3 nitrogen and oxygen atoms in total. The summed E-state index contributed by atoms with van der Waals surface area (Å²) in [7, 11) is 0. The minimum absolute atomic E-state index is 0.349. The Hall–Kier alpha value is -7.62. The van der Waals surface area contributed by atoms with Crippen molar-refractivity contribution < 1.29 is 0 Å². The van der Waals surface area contributed by atoms with Crippen LogP contribution in [0.4, 0.5) is 0 Å². The van der Waals surface area contributed by atoms with Crippen molar-refractivity contribution in [1.82, 2.24) is 14.5 Å². The third kappa shape index (κ3) is 4.09. The van der Waals surface area contributed by atoms with E-state index in [2.05, 4.69) is 206 Å². The molecule has 0 bridgehead atoms. The average Bonchev–Trinajstić information content (AvgIpc) is 3.97. The van der Waals surface area contributed by atoms with Crippen LogP contribution in [-0.2, 0) is 10.8 Å². The first-order valence-corrected chi connectivity index (χ1v) is 21.3. The summed E-state index contributed by atoms with van der Waals surface area (Å²) in [5.41, 5.74) is 18.6. The van der Waals surface area contributed by atoms with Crippen molar-refractivity contribution in [3.8, 4) is 50.7 Å². The van der Waals surface area contributed by atoms with Gasteiger partial charge in [0.1, 0.15) is 0 Å². The van der Waals surface area contributed by atoms with E-state index >= 15 is 0 Å². The number of hydrogen-bond acceptors (Lipinski definition) is 2. The zero-order valence-electron chi connectivity index (χ0n) is 33.7. The zero-order valence-corrected chi connectivity index (χ0v) is 33.7. The van der Waals surface area contributed by atoms with Crippen molar-refractivity contribution in [3.05, 3.63) is 221 Å². The van der Waals surface area contributed by atoms with Gasteiger partial charge in [-0.3, -0.25) is 4.57 Å². The molecule has 9 aromatic carbocycles. The number of nitrogens with zero attached hydrogens (tertiary/aromatic N) is 3. The summed E-state index contributed by atoms with van der Waals surface area (Å²) < 4.78 is 2.34. The van der Waals surface area contributed by atoms with Gasteiger partial charge in [-0.25, -0.2) is 9.97 Å². The van der Waals surface area contributed by atoms with E-state index in [0.29, 0.717) is 5.95 Å². The van der Waals surface area contributed by atoms with Crippen LogP contribution < -0.4 is 0 Å². The Bertz CT molecular complexity index is 3610. The Morgan fingerprint density at radius 2 is 0.787 bits per heavy atom. The number of fused-ring (bicyclic) bond motifs is 18. The second-order valence-electron chi connectivity index (χ2n) is 17.6. The van der Waals surface area contributed by atoms with Gasteiger partial charge in [-0.1, -0.05) is 178 Å². The van der Waals surface area contributed by atoms with Gasteiger partial charge in [-0.15, -0.1) is 0 Å². The lowest BCUT2D eigenvalue weighted by atomic mass is 9.70. The fraction of sp³-hybridized carbons (Fsp3) is 0.0690. The Kier molecular flexibility index (Phi) is 6.30. The Balaban J connectivity index is 1.13. The van der Waals surface area contributed by atoms with Gasteiger partial charge in [-0.05, 0) is 95.9 Å². The molecular weight excluding hydrogens is 739 g/mol. The number of hydrogen-bond donors (Lipinski definition) is 0. The molecule has 0 saturated heterocycles. The van der Waals surface area contributed by atoms with E-state index in [-0.39, 0.29) is 5.41 Å². The first kappa shape index (κ1) is 33.2. The smallest absolute Gasteiger partial charge is 0.235 e. The normalized spacial score (nSPS) is 14.7. The Morgan fingerprint density at radius 3 is 1.36 bits per heavy atom. The van der Waals surface area contributed by atoms with Crippen LogP contribution in [0.1, 0.15) is 47.2 Å². The molecule has 0 radical (unpaired) electrons. The highest BCUT2D eigenvalue weighted by molar-refractivity contribution is 6.16. The van der Waals surface area contributed by atoms with E-state index in [4.69, 9.17) is 9.97 Å². The minimum Gasteiger partial charge on any atom is -0.278 e. The molecule has 1 spiro atoms. The third-order valence-electron chi connectivity index (χ3n) is 14.4. The second kappa shape index (κ2) is 11.6. The van der Waals surface area contributed by atoms with E-state index in [9.17, 15) is 0 Å². The highest BCUT2D eigenvalue weighted by atomic mass is 15.2. The molecule has 3 aliphatic rings. The standard InChI is InChI=1S/C58H37N3/c1-57(2)45-25-11-10-23-41(45)54-53(57)55(60-56(59-54)61-50-32-36-18-5-3-16-34(36)30-43(50)44-31-35-17-4-6-19-37(35)33-51(44)61)42-24-15-29-49-52(42)40-22-9-14-28-48(40)58(49)46-26-12-7-20-38(46)39-21-8-13-27-47(39)58/h3-33H,1-2H3. The SMILES string of the molecule is CC1(C)c2ccccc2-c2nc(-n3c4cc5ccccc5cc4c4cc5ccccc5cc43)nc(-c3cccc4c3-c3ccccc3C43c4ccccc4-c4ccccc43)c21. The van der Waals surface area contributed by atoms with Gasteiger partial charge in [0.15, 0.2) is 0 Å². The lowest BCUT2D eigenvalue weighted by molar-refractivity contribution is 0.657. The molecule has 2 aromatic heterocycles. The van der Waals surface area contributed by atoms with Crippen LogP contribution in [0.25, 0.3) is 94.1 Å². The summed E-state index contributed by atoms with van der Waals surface area (Å²) in [6, 6.07) is 69.7. The predicted molar refractivity (Wildman–Crippen MR) is 251 cm³/mol. The largest absolute Gasteiger partial charge is 0.278 e. The maximum atomic E-state index is 5.90. The van der Waals surface area contributed by atoms with Gasteiger partial charge in [0.2, 0.25) is 5.95 Å². The van der Waals surface area contributed by atoms with E-state index in [1.807, 2.05) is 0 Å². The topological polar surface area (TPSA) is 30.7 Å². The zero-order chi connectivity index (χ0) is 40.2. The van der Waals surface area contributed by atoms with Crippen LogP contribution in [0.3, 0.4) is 0 Å². The maximum absolute atomic E-state index is 5.90. The lowest BCUT2D eigenvalue weighted by Crippen LogP contribution is -2.25. The van der Waals surface area contributed by atoms with Gasteiger partial charge in [-0.2, -0.15) is 0 Å². The van der Waals surface area contributed by atoms with Gasteiger partial charge < -0.3 is 0 Å². The van der Waals surface area contributed by atoms with Crippen molar-refractivity contribution in [2.24, 2.45) is 0 Å². The monoisotopic (exact) mass is 775 g/mol. The molecule has 3 heteroatoms. The molecule has 11 aromatic rings. The Labute approximate surface area is 353 Å². The molecule has 0 saturated carbocycles. The van der Waals surface area contributed by atoms with Crippen LogP contribution >= 0.6 is 0 Å². The second-order valence-corrected chi connectivity index (χ2v) is 17.6. The van der Waals surface area contributed by atoms with Crippen molar-refractivity contribution in [2.45, 2.75) is 24.7 Å². The molecule has 284 valence electrons. The van der Waals surface area contributed by atoms with Crippen LogP contribution in [0.5, 0.6) is 0 Å². The molecule has 0 unspecified atom stereocenters. The van der Waals surface area contributed by atoms with Gasteiger partial charge in [0.05, 0.1) is 27.8 Å². The van der Waals surface area contributed by atoms with Crippen LogP contribution in [-0.4, -0.2) is 14.5 Å². The summed E-state index contributed by atoms with van der Waals surface area (Å²) in [5.74, 6) is 0.682. The highest BCUT2D eigenvalue weighted by Gasteiger charge is 2.52. The van der Waals surface area contributed by atoms with Gasteiger partial charge in [0, 0.05) is 32.9 Å². The van der Waals surface area contributed by atoms with Crippen molar-refractivity contribution in [3.63, 3.8) is 0 Å². The minimum atomic E-state index is -0.457. The quantitative estimate of drug-likeness (QED) is 0.175. The van der Waals surface area contributed by atoms with Gasteiger partial charge in [0.25, 0.3) is 0 Å². The van der Waals surface area contributed by atoms with E-state index in [0.717, 1.165) is 28.0 Å². The first-order chi connectivity index (χ1) is 30.0. The van der Waals surface area contributed by atoms with E-state index in [1.165, 1.54) is 93.5 Å². The Morgan fingerprint density at radius 1 is 0.377 bits per heavy atom. The molecule has 0 fully saturated rings. The lowest BCUT2D eigenvalue weighted by Gasteiger charge is -2.30. The summed E-state index contributed by atoms with van der Waals surface area (Å²) in [5, 5.41) is 7.21. The summed E-state index contributed by atoms with van der Waals surface area (Å²) in [6.07, 6.45) is 0. The molecule has 0 aliphatic heterocycles. The average molecular weight is 776 g/mol. The van der Waals surface area contributed by atoms with E-state index < -0.39 is 5.41 Å². The fourth-order valence-electron chi connectivity index (χ4n) is 11.8. The third-order valence-corrected chi connectivity index (χ3v) is 14.4. The first-order valence-electron chi connectivity index (χ1n) is 21.3. The molecule has 61 heavy (non-hydrogen) atoms.